The molecule has 0 saturated carbocycles. The normalized spacial score (nSPS) is 13.7. The summed E-state index contributed by atoms with van der Waals surface area (Å²) in [6.07, 6.45) is -4.67. The van der Waals surface area contributed by atoms with Crippen molar-refractivity contribution in [2.75, 3.05) is 0 Å². The molecule has 0 aliphatic heterocycles. The molecule has 0 aliphatic rings. The van der Waals surface area contributed by atoms with Crippen molar-refractivity contribution in [3.8, 4) is 0 Å². The molecule has 0 bridgehead atoms. The summed E-state index contributed by atoms with van der Waals surface area (Å²) >= 11 is 0.641. The van der Waals surface area contributed by atoms with Crippen LogP contribution in [0.1, 0.15) is 28.9 Å². The van der Waals surface area contributed by atoms with Crippen molar-refractivity contribution in [2.45, 2.75) is 19.1 Å². The number of fused-ring (bicyclic) bond motifs is 1. The molecule has 11 heteroatoms. The predicted octanol–water partition coefficient (Wildman–Crippen LogP) is 4.39. The van der Waals surface area contributed by atoms with Gasteiger partial charge in [-0.15, -0.1) is 0 Å². The molecule has 1 aromatic heterocycles. The van der Waals surface area contributed by atoms with E-state index in [9.17, 15) is 36.6 Å². The van der Waals surface area contributed by atoms with E-state index in [0.29, 0.717) is 23.5 Å². The molecule has 5 nitrogen and oxygen atoms in total. The lowest BCUT2D eigenvalue weighted by Gasteiger charge is -2.10. The summed E-state index contributed by atoms with van der Waals surface area (Å²) in [5, 5.41) is 9.30. The van der Waals surface area contributed by atoms with Crippen molar-refractivity contribution in [3.05, 3.63) is 64.0 Å². The number of nitrogens with zero attached hydrogens (tertiary/aromatic N) is 2. The number of amides is 1. The summed E-state index contributed by atoms with van der Waals surface area (Å²) in [4.78, 5) is 27.2. The van der Waals surface area contributed by atoms with Crippen molar-refractivity contribution in [3.63, 3.8) is 0 Å². The van der Waals surface area contributed by atoms with E-state index >= 15 is 0 Å². The second-order valence-corrected chi connectivity index (χ2v) is 7.01. The Labute approximate surface area is 163 Å². The number of aliphatic carboxylic acids is 1. The van der Waals surface area contributed by atoms with E-state index in [1.807, 2.05) is 0 Å². The second kappa shape index (κ2) is 7.39. The summed E-state index contributed by atoms with van der Waals surface area (Å²) in [6, 6.07) is 3.64. The Kier molecular flexibility index (Phi) is 5.26. The number of rotatable bonds is 3. The third kappa shape index (κ3) is 4.04. The number of hydrogen-bond donors (Lipinski definition) is 1. The minimum atomic E-state index is -4.67. The van der Waals surface area contributed by atoms with Crippen molar-refractivity contribution in [1.29, 1.82) is 0 Å². The van der Waals surface area contributed by atoms with E-state index in [1.165, 1.54) is 6.92 Å². The van der Waals surface area contributed by atoms with Gasteiger partial charge in [0.1, 0.15) is 11.9 Å². The van der Waals surface area contributed by atoms with Gasteiger partial charge in [-0.05, 0) is 31.2 Å². The largest absolute Gasteiger partial charge is 0.480 e. The van der Waals surface area contributed by atoms with E-state index < -0.39 is 46.9 Å². The minimum Gasteiger partial charge on any atom is -0.480 e. The van der Waals surface area contributed by atoms with Crippen molar-refractivity contribution >= 4 is 33.4 Å². The molecule has 152 valence electrons. The van der Waals surface area contributed by atoms with Gasteiger partial charge in [-0.3, -0.25) is 9.36 Å². The highest BCUT2D eigenvalue weighted by atomic mass is 32.1. The molecule has 0 radical (unpaired) electrons. The van der Waals surface area contributed by atoms with E-state index in [2.05, 4.69) is 4.99 Å². The fourth-order valence-electron chi connectivity index (χ4n) is 2.62. The van der Waals surface area contributed by atoms with Gasteiger partial charge in [0.25, 0.3) is 5.91 Å². The average molecular weight is 430 g/mol. The van der Waals surface area contributed by atoms with Crippen LogP contribution in [0.3, 0.4) is 0 Å². The molecule has 29 heavy (non-hydrogen) atoms. The number of carboxylic acid groups (broad SMARTS) is 1. The van der Waals surface area contributed by atoms with Crippen LogP contribution in [0.2, 0.25) is 0 Å². The van der Waals surface area contributed by atoms with E-state index in [-0.39, 0.29) is 15.0 Å². The van der Waals surface area contributed by atoms with Crippen LogP contribution < -0.4 is 4.80 Å². The molecule has 0 saturated heterocycles. The first-order valence-electron chi connectivity index (χ1n) is 7.98. The summed E-state index contributed by atoms with van der Waals surface area (Å²) in [7, 11) is 0. The van der Waals surface area contributed by atoms with Gasteiger partial charge in [0.2, 0.25) is 0 Å². The van der Waals surface area contributed by atoms with Gasteiger partial charge < -0.3 is 5.11 Å². The summed E-state index contributed by atoms with van der Waals surface area (Å²) < 4.78 is 67.2. The molecule has 1 atom stereocenters. The molecule has 3 aromatic rings. The van der Waals surface area contributed by atoms with Gasteiger partial charge in [0.15, 0.2) is 10.6 Å². The molecule has 1 N–H and O–H groups in total. The Morgan fingerprint density at radius 2 is 1.86 bits per heavy atom. The third-order valence-corrected chi connectivity index (χ3v) is 5.02. The van der Waals surface area contributed by atoms with Crippen LogP contribution in [0.25, 0.3) is 10.2 Å². The monoisotopic (exact) mass is 430 g/mol. The van der Waals surface area contributed by atoms with Crippen molar-refractivity contribution in [1.82, 2.24) is 4.57 Å². The Morgan fingerprint density at radius 1 is 1.17 bits per heavy atom. The number of alkyl halides is 3. The van der Waals surface area contributed by atoms with Gasteiger partial charge in [0.05, 0.1) is 15.8 Å². The summed E-state index contributed by atoms with van der Waals surface area (Å²) in [6.45, 7) is 1.20. The maximum absolute atomic E-state index is 14.3. The number of carboxylic acids is 1. The number of hydrogen-bond acceptors (Lipinski definition) is 3. The number of aromatic nitrogens is 1. The SMILES string of the molecule is CC(C(=O)O)n1/c(=N/C(=O)c2cccc(C(F)(F)F)c2)sc2cc(F)cc(F)c21. The molecule has 3 rings (SSSR count). The fourth-order valence-corrected chi connectivity index (χ4v) is 3.76. The highest BCUT2D eigenvalue weighted by Crippen LogP contribution is 2.30. The maximum atomic E-state index is 14.3. The predicted molar refractivity (Wildman–Crippen MR) is 93.4 cm³/mol. The summed E-state index contributed by atoms with van der Waals surface area (Å²) in [5.41, 5.74) is -1.73. The van der Waals surface area contributed by atoms with Crippen LogP contribution in [0.15, 0.2) is 41.4 Å². The van der Waals surface area contributed by atoms with Gasteiger partial charge in [-0.1, -0.05) is 17.4 Å². The Morgan fingerprint density at radius 3 is 2.48 bits per heavy atom. The first-order chi connectivity index (χ1) is 13.5. The van der Waals surface area contributed by atoms with Crippen LogP contribution >= 0.6 is 11.3 Å². The Balaban J connectivity index is 2.22. The van der Waals surface area contributed by atoms with Crippen LogP contribution in [-0.2, 0) is 11.0 Å². The highest BCUT2D eigenvalue weighted by Gasteiger charge is 2.31. The number of carbonyl (C=O) groups is 2. The van der Waals surface area contributed by atoms with Gasteiger partial charge in [-0.25, -0.2) is 13.6 Å². The molecular weight excluding hydrogens is 419 g/mol. The maximum Gasteiger partial charge on any atom is 0.416 e. The van der Waals surface area contributed by atoms with Crippen LogP contribution in [0.4, 0.5) is 22.0 Å². The van der Waals surface area contributed by atoms with Crippen LogP contribution in [0.5, 0.6) is 0 Å². The number of halogens is 5. The quantitative estimate of drug-likeness (QED) is 0.627. The zero-order valence-electron chi connectivity index (χ0n) is 14.5. The average Bonchev–Trinajstić information content (AvgIpc) is 2.98. The zero-order chi connectivity index (χ0) is 21.5. The first kappa shape index (κ1) is 20.6. The second-order valence-electron chi connectivity index (χ2n) is 6.00. The third-order valence-electron chi connectivity index (χ3n) is 4.02. The van der Waals surface area contributed by atoms with Crippen molar-refractivity contribution in [2.24, 2.45) is 4.99 Å². The van der Waals surface area contributed by atoms with E-state index in [4.69, 9.17) is 0 Å². The highest BCUT2D eigenvalue weighted by molar-refractivity contribution is 7.16. The van der Waals surface area contributed by atoms with Crippen molar-refractivity contribution < 1.29 is 36.6 Å². The first-order valence-corrected chi connectivity index (χ1v) is 8.80. The van der Waals surface area contributed by atoms with Gasteiger partial charge in [-0.2, -0.15) is 18.2 Å². The lowest BCUT2D eigenvalue weighted by Crippen LogP contribution is -2.26. The van der Waals surface area contributed by atoms with E-state index in [1.54, 1.807) is 0 Å². The smallest absolute Gasteiger partial charge is 0.416 e. The molecule has 2 aromatic carbocycles. The molecule has 1 unspecified atom stereocenters. The number of benzene rings is 2. The number of thiazole rings is 1. The topological polar surface area (TPSA) is 71.7 Å². The van der Waals surface area contributed by atoms with Gasteiger partial charge in [0, 0.05) is 11.6 Å². The molecular formula is C18H11F5N2O3S. The number of carbonyl (C=O) groups excluding carboxylic acids is 1. The van der Waals surface area contributed by atoms with Crippen LogP contribution in [0, 0.1) is 11.6 Å². The molecule has 0 aliphatic carbocycles. The summed E-state index contributed by atoms with van der Waals surface area (Å²) in [5.74, 6) is -4.43. The Bertz CT molecular complexity index is 1200. The van der Waals surface area contributed by atoms with E-state index in [0.717, 1.165) is 28.8 Å². The minimum absolute atomic E-state index is 0.00816. The molecule has 1 amide bonds. The van der Waals surface area contributed by atoms with Gasteiger partial charge >= 0.3 is 12.1 Å². The molecule has 0 spiro atoms. The lowest BCUT2D eigenvalue weighted by atomic mass is 10.1. The fraction of sp³-hybridized carbons (Fsp3) is 0.167. The molecule has 1 heterocycles. The molecule has 0 fully saturated rings. The van der Waals surface area contributed by atoms with Crippen LogP contribution in [-0.4, -0.2) is 21.6 Å². The lowest BCUT2D eigenvalue weighted by molar-refractivity contribution is -0.140. The Hall–Kier alpha value is -3.08. The zero-order valence-corrected chi connectivity index (χ0v) is 15.3. The standard InChI is InChI=1S/C18H11F5N2O3S/c1-8(16(27)28)25-14-12(20)6-11(19)7-13(14)29-17(25)24-15(26)9-3-2-4-10(5-9)18(21,22)23/h2-8H,1H3,(H,27,28)/b24-17-.